The third-order valence-electron chi connectivity index (χ3n) is 3.78. The van der Waals surface area contributed by atoms with Gasteiger partial charge in [-0.2, -0.15) is 0 Å². The van der Waals surface area contributed by atoms with Crippen molar-refractivity contribution in [3.63, 3.8) is 0 Å². The fourth-order valence-corrected chi connectivity index (χ4v) is 3.83. The number of rotatable bonds is 8. The molecule has 0 saturated carbocycles. The van der Waals surface area contributed by atoms with Crippen molar-refractivity contribution in [3.05, 3.63) is 47.5 Å². The summed E-state index contributed by atoms with van der Waals surface area (Å²) in [5.41, 5.74) is 2.47. The molecule has 0 spiro atoms. The number of thioether (sulfide) groups is 1. The molecule has 0 aliphatic carbocycles. The monoisotopic (exact) mass is 410 g/mol. The number of carbonyl (C=O) groups is 1. The number of amides is 1. The number of hydrogen-bond donors (Lipinski definition) is 2. The number of primary sulfonamides is 1. The van der Waals surface area contributed by atoms with Gasteiger partial charge in [-0.1, -0.05) is 6.07 Å². The average Bonchev–Trinajstić information content (AvgIpc) is 2.62. The van der Waals surface area contributed by atoms with Crippen LogP contribution < -0.4 is 19.9 Å². The maximum absolute atomic E-state index is 12.1. The van der Waals surface area contributed by atoms with Crippen LogP contribution in [0.2, 0.25) is 0 Å². The van der Waals surface area contributed by atoms with E-state index < -0.39 is 10.0 Å². The van der Waals surface area contributed by atoms with Gasteiger partial charge in [-0.05, 0) is 48.4 Å². The molecule has 0 aliphatic heterocycles. The van der Waals surface area contributed by atoms with Gasteiger partial charge in [0.15, 0.2) is 11.5 Å². The second-order valence-corrected chi connectivity index (χ2v) is 8.29. The Kier molecular flexibility index (Phi) is 7.11. The van der Waals surface area contributed by atoms with Crippen molar-refractivity contribution in [1.29, 1.82) is 0 Å². The van der Waals surface area contributed by atoms with Crippen LogP contribution in [0.3, 0.4) is 0 Å². The second kappa shape index (κ2) is 9.12. The molecule has 27 heavy (non-hydrogen) atoms. The molecule has 0 aliphatic rings. The lowest BCUT2D eigenvalue weighted by Gasteiger charge is -2.12. The molecule has 2 rings (SSSR count). The molecule has 1 amide bonds. The summed E-state index contributed by atoms with van der Waals surface area (Å²) in [6.07, 6.45) is 0. The SMILES string of the molecule is COc1cc(C)c(CSCC(=O)Nc2cccc(S(N)(=O)=O)c2)cc1OC. The normalized spacial score (nSPS) is 11.1. The first-order chi connectivity index (χ1) is 12.7. The molecule has 3 N–H and O–H groups in total. The number of methoxy groups -OCH3 is 2. The minimum absolute atomic E-state index is 0.0473. The molecule has 2 aromatic rings. The fourth-order valence-electron chi connectivity index (χ4n) is 2.38. The Bertz CT molecular complexity index is 929. The first-order valence-corrected chi connectivity index (χ1v) is 10.7. The number of carbonyl (C=O) groups excluding carboxylic acids is 1. The molecule has 0 radical (unpaired) electrons. The minimum Gasteiger partial charge on any atom is -0.493 e. The standard InChI is InChI=1S/C18H22N2O5S2/c1-12-7-16(24-2)17(25-3)8-13(12)10-26-11-18(21)20-14-5-4-6-15(9-14)27(19,22)23/h4-9H,10-11H2,1-3H3,(H,20,21)(H2,19,22,23). The second-order valence-electron chi connectivity index (χ2n) is 5.75. The van der Waals surface area contributed by atoms with Crippen molar-refractivity contribution < 1.29 is 22.7 Å². The van der Waals surface area contributed by atoms with Gasteiger partial charge in [0, 0.05) is 11.4 Å². The molecule has 0 unspecified atom stereocenters. The maximum Gasteiger partial charge on any atom is 0.238 e. The third kappa shape index (κ3) is 5.88. The summed E-state index contributed by atoms with van der Waals surface area (Å²) in [5, 5.41) is 7.77. The molecule has 0 saturated heterocycles. The molecule has 2 aromatic carbocycles. The number of hydrogen-bond acceptors (Lipinski definition) is 6. The van der Waals surface area contributed by atoms with Gasteiger partial charge in [-0.3, -0.25) is 4.79 Å². The molecule has 9 heteroatoms. The Morgan fingerprint density at radius 1 is 1.15 bits per heavy atom. The summed E-state index contributed by atoms with van der Waals surface area (Å²) in [6, 6.07) is 9.63. The molecular formula is C18H22N2O5S2. The zero-order valence-electron chi connectivity index (χ0n) is 15.3. The van der Waals surface area contributed by atoms with Gasteiger partial charge in [0.05, 0.1) is 24.9 Å². The van der Waals surface area contributed by atoms with Gasteiger partial charge in [0.1, 0.15) is 0 Å². The Labute approximate surface area is 163 Å². The van der Waals surface area contributed by atoms with E-state index in [-0.39, 0.29) is 16.6 Å². The van der Waals surface area contributed by atoms with Gasteiger partial charge < -0.3 is 14.8 Å². The van der Waals surface area contributed by atoms with Crippen LogP contribution in [0.15, 0.2) is 41.3 Å². The first-order valence-electron chi connectivity index (χ1n) is 7.96. The number of ether oxygens (including phenoxy) is 2. The summed E-state index contributed by atoms with van der Waals surface area (Å²) in [6.45, 7) is 1.97. The number of benzene rings is 2. The fraction of sp³-hybridized carbons (Fsp3) is 0.278. The van der Waals surface area contributed by atoms with Crippen molar-refractivity contribution in [1.82, 2.24) is 0 Å². The van der Waals surface area contributed by atoms with Crippen LogP contribution in [0.25, 0.3) is 0 Å². The number of sulfonamides is 1. The zero-order valence-corrected chi connectivity index (χ0v) is 16.9. The Morgan fingerprint density at radius 2 is 1.81 bits per heavy atom. The van der Waals surface area contributed by atoms with Gasteiger partial charge in [-0.25, -0.2) is 13.6 Å². The van der Waals surface area contributed by atoms with Crippen LogP contribution >= 0.6 is 11.8 Å². The summed E-state index contributed by atoms with van der Waals surface area (Å²) in [5.74, 6) is 1.91. The van der Waals surface area contributed by atoms with E-state index in [1.54, 1.807) is 20.3 Å². The molecule has 146 valence electrons. The zero-order chi connectivity index (χ0) is 20.0. The van der Waals surface area contributed by atoms with Gasteiger partial charge >= 0.3 is 0 Å². The van der Waals surface area contributed by atoms with E-state index in [9.17, 15) is 13.2 Å². The minimum atomic E-state index is -3.81. The van der Waals surface area contributed by atoms with E-state index >= 15 is 0 Å². The van der Waals surface area contributed by atoms with Crippen molar-refractivity contribution in [2.24, 2.45) is 5.14 Å². The summed E-state index contributed by atoms with van der Waals surface area (Å²) >= 11 is 1.44. The smallest absolute Gasteiger partial charge is 0.238 e. The van der Waals surface area contributed by atoms with E-state index in [2.05, 4.69) is 5.32 Å². The van der Waals surface area contributed by atoms with Crippen LogP contribution in [0, 0.1) is 6.92 Å². The lowest BCUT2D eigenvalue weighted by Crippen LogP contribution is -2.16. The molecule has 7 nitrogen and oxygen atoms in total. The predicted octanol–water partition coefficient (Wildman–Crippen LogP) is 2.53. The number of nitrogens with two attached hydrogens (primary N) is 1. The van der Waals surface area contributed by atoms with E-state index in [1.807, 2.05) is 19.1 Å². The van der Waals surface area contributed by atoms with Gasteiger partial charge in [-0.15, -0.1) is 11.8 Å². The highest BCUT2D eigenvalue weighted by Gasteiger charge is 2.11. The number of anilines is 1. The topological polar surface area (TPSA) is 108 Å². The molecule has 0 atom stereocenters. The maximum atomic E-state index is 12.1. The van der Waals surface area contributed by atoms with E-state index in [4.69, 9.17) is 14.6 Å². The van der Waals surface area contributed by atoms with Crippen LogP contribution in [0.1, 0.15) is 11.1 Å². The third-order valence-corrected chi connectivity index (χ3v) is 5.67. The van der Waals surface area contributed by atoms with Crippen molar-refractivity contribution in [2.75, 3.05) is 25.3 Å². The lowest BCUT2D eigenvalue weighted by atomic mass is 10.1. The first kappa shape index (κ1) is 21.1. The number of aryl methyl sites for hydroxylation is 1. The summed E-state index contributed by atoms with van der Waals surface area (Å²) < 4.78 is 33.3. The Morgan fingerprint density at radius 3 is 2.44 bits per heavy atom. The molecule has 0 fully saturated rings. The number of nitrogens with one attached hydrogen (secondary N) is 1. The highest BCUT2D eigenvalue weighted by molar-refractivity contribution is 7.99. The van der Waals surface area contributed by atoms with E-state index in [0.29, 0.717) is 22.9 Å². The van der Waals surface area contributed by atoms with E-state index in [1.165, 1.54) is 30.0 Å². The highest BCUT2D eigenvalue weighted by atomic mass is 32.2. The van der Waals surface area contributed by atoms with Crippen molar-refractivity contribution >= 4 is 33.4 Å². The largest absolute Gasteiger partial charge is 0.493 e. The Hall–Kier alpha value is -2.23. The predicted molar refractivity (Wildman–Crippen MR) is 107 cm³/mol. The molecule has 0 heterocycles. The highest BCUT2D eigenvalue weighted by Crippen LogP contribution is 2.31. The van der Waals surface area contributed by atoms with Crippen LogP contribution in [-0.4, -0.2) is 34.3 Å². The quantitative estimate of drug-likeness (QED) is 0.692. The molecule has 0 aromatic heterocycles. The van der Waals surface area contributed by atoms with Crippen LogP contribution in [-0.2, 0) is 20.6 Å². The van der Waals surface area contributed by atoms with Crippen LogP contribution in [0.4, 0.5) is 5.69 Å². The van der Waals surface area contributed by atoms with Crippen LogP contribution in [0.5, 0.6) is 11.5 Å². The van der Waals surface area contributed by atoms with Gasteiger partial charge in [0.2, 0.25) is 15.9 Å². The molecule has 0 bridgehead atoms. The van der Waals surface area contributed by atoms with Gasteiger partial charge in [0.25, 0.3) is 0 Å². The average molecular weight is 411 g/mol. The summed E-state index contributed by atoms with van der Waals surface area (Å²) in [7, 11) is -0.649. The summed E-state index contributed by atoms with van der Waals surface area (Å²) in [4.78, 5) is 12.1. The van der Waals surface area contributed by atoms with Crippen molar-refractivity contribution in [2.45, 2.75) is 17.6 Å². The van der Waals surface area contributed by atoms with E-state index in [0.717, 1.165) is 11.1 Å². The lowest BCUT2D eigenvalue weighted by molar-refractivity contribution is -0.113. The van der Waals surface area contributed by atoms with Crippen molar-refractivity contribution in [3.8, 4) is 11.5 Å². The Balaban J connectivity index is 1.95. The molecular weight excluding hydrogens is 388 g/mol.